The molecule has 14 nitrogen and oxygen atoms in total. The van der Waals surface area contributed by atoms with Crippen LogP contribution < -0.4 is 0 Å². The molecule has 0 aromatic carbocycles. The molecule has 64 heavy (non-hydrogen) atoms. The lowest BCUT2D eigenvalue weighted by molar-refractivity contribution is -0.342. The first-order valence-electron chi connectivity index (χ1n) is 24.3. The summed E-state index contributed by atoms with van der Waals surface area (Å²) in [6.45, 7) is 12.0. The molecule has 6 fully saturated rings. The van der Waals surface area contributed by atoms with E-state index in [1.807, 2.05) is 19.1 Å². The van der Waals surface area contributed by atoms with Crippen molar-refractivity contribution in [2.45, 2.75) is 216 Å². The van der Waals surface area contributed by atoms with Crippen LogP contribution in [0.2, 0.25) is 0 Å². The van der Waals surface area contributed by atoms with Crippen molar-refractivity contribution in [1.29, 1.82) is 0 Å². The van der Waals surface area contributed by atoms with Gasteiger partial charge in [0.2, 0.25) is 0 Å². The van der Waals surface area contributed by atoms with Crippen LogP contribution in [0.1, 0.15) is 119 Å². The zero-order valence-corrected chi connectivity index (χ0v) is 39.3. The minimum absolute atomic E-state index is 0.0463. The van der Waals surface area contributed by atoms with Gasteiger partial charge in [-0.3, -0.25) is 4.79 Å². The van der Waals surface area contributed by atoms with Gasteiger partial charge in [0.05, 0.1) is 49.3 Å². The van der Waals surface area contributed by atoms with E-state index >= 15 is 0 Å². The molecule has 2 aliphatic carbocycles. The average molecular weight is 901 g/mol. The maximum Gasteiger partial charge on any atom is 0.316 e. The largest absolute Gasteiger partial charge is 0.462 e. The Hall–Kier alpha value is -2.05. The van der Waals surface area contributed by atoms with E-state index in [1.165, 1.54) is 19.3 Å². The Morgan fingerprint density at radius 1 is 0.828 bits per heavy atom. The van der Waals surface area contributed by atoms with Crippen LogP contribution in [0, 0.1) is 23.7 Å². The number of carbonyl (C=O) groups excluding carboxylic acids is 1. The molecule has 6 aliphatic heterocycles. The van der Waals surface area contributed by atoms with E-state index in [9.17, 15) is 20.1 Å². The van der Waals surface area contributed by atoms with E-state index in [2.05, 4.69) is 26.8 Å². The molecular weight excluding hydrogens is 825 g/mol. The average Bonchev–Trinajstić information content (AvgIpc) is 3.62. The molecule has 19 atom stereocenters. The van der Waals surface area contributed by atoms with Gasteiger partial charge in [0, 0.05) is 52.2 Å². The number of esters is 1. The minimum Gasteiger partial charge on any atom is -0.462 e. The summed E-state index contributed by atoms with van der Waals surface area (Å²) in [7, 11) is 3.24. The van der Waals surface area contributed by atoms with Crippen molar-refractivity contribution in [1.82, 2.24) is 0 Å². The zero-order valence-electron chi connectivity index (χ0n) is 39.3. The molecule has 1 saturated carbocycles. The third-order valence-electron chi connectivity index (χ3n) is 15.8. The van der Waals surface area contributed by atoms with Gasteiger partial charge in [-0.1, -0.05) is 63.5 Å². The first-order valence-corrected chi connectivity index (χ1v) is 24.3. The molecule has 8 rings (SSSR count). The molecular formula is C50H76O14. The van der Waals surface area contributed by atoms with E-state index < -0.39 is 90.8 Å². The number of rotatable bonds is 7. The first kappa shape index (κ1) is 48.4. The van der Waals surface area contributed by atoms with Crippen LogP contribution in [0.3, 0.4) is 0 Å². The number of hydrogen-bond donors (Lipinski definition) is 3. The Bertz CT molecular complexity index is 1740. The second-order valence-electron chi connectivity index (χ2n) is 20.4. The predicted octanol–water partition coefficient (Wildman–Crippen LogP) is 6.14. The third kappa shape index (κ3) is 9.92. The molecule has 2 bridgehead atoms. The van der Waals surface area contributed by atoms with Crippen LogP contribution in [-0.2, 0) is 52.2 Å². The Morgan fingerprint density at radius 2 is 1.55 bits per heavy atom. The number of carbonyl (C=O) groups is 1. The SMILES string of the molecule is CO[C@H]1C[C@H](O[C@@H]2C(C)=CC[C@@H]3C[C@@H](C[C@]4(CC[C@H](C)[C@@H](C5CCCCC5)O4)O3)OC(=O)C3C=C(C)[C@@H](O)[C@H]4OCC(=CC=C[C@@H]2C)[C@@]34O)O[C@@H](C)C1O[C@H]1C[C@H](OC)[C@@H](O)[C@H](C)O1. The second kappa shape index (κ2) is 20.3. The molecule has 3 N–H and O–H groups in total. The summed E-state index contributed by atoms with van der Waals surface area (Å²) in [6.07, 6.45) is 11.9. The Kier molecular flexibility index (Phi) is 15.3. The van der Waals surface area contributed by atoms with E-state index in [-0.39, 0.29) is 30.8 Å². The van der Waals surface area contributed by atoms with Crippen molar-refractivity contribution >= 4 is 5.97 Å². The summed E-state index contributed by atoms with van der Waals surface area (Å²) in [4.78, 5) is 14.5. The van der Waals surface area contributed by atoms with Crippen molar-refractivity contribution in [2.24, 2.45) is 23.7 Å². The summed E-state index contributed by atoms with van der Waals surface area (Å²) in [6, 6.07) is 0. The van der Waals surface area contributed by atoms with Gasteiger partial charge in [0.15, 0.2) is 18.4 Å². The fraction of sp³-hybridized carbons (Fsp3) is 0.820. The van der Waals surface area contributed by atoms with Gasteiger partial charge in [0.25, 0.3) is 0 Å². The fourth-order valence-corrected chi connectivity index (χ4v) is 12.1. The van der Waals surface area contributed by atoms with Gasteiger partial charge in [-0.2, -0.15) is 0 Å². The Labute approximate surface area is 379 Å². The number of aliphatic hydroxyl groups is 3. The lowest BCUT2D eigenvalue weighted by atomic mass is 9.71. The van der Waals surface area contributed by atoms with Crippen molar-refractivity contribution in [3.8, 4) is 0 Å². The van der Waals surface area contributed by atoms with Crippen molar-refractivity contribution in [3.63, 3.8) is 0 Å². The van der Waals surface area contributed by atoms with Gasteiger partial charge in [-0.25, -0.2) is 0 Å². The Balaban J connectivity index is 1.08. The molecule has 0 aromatic rings. The van der Waals surface area contributed by atoms with E-state index in [1.54, 1.807) is 40.2 Å². The number of methoxy groups -OCH3 is 2. The molecule has 0 radical (unpaired) electrons. The smallest absolute Gasteiger partial charge is 0.316 e. The first-order chi connectivity index (χ1) is 30.6. The lowest BCUT2D eigenvalue weighted by Gasteiger charge is -2.51. The maximum atomic E-state index is 14.5. The van der Waals surface area contributed by atoms with Crippen molar-refractivity contribution < 1.29 is 67.5 Å². The number of allylic oxidation sites excluding steroid dienone is 2. The van der Waals surface area contributed by atoms with Crippen LogP contribution in [-0.4, -0.2) is 139 Å². The molecule has 1 spiro atoms. The van der Waals surface area contributed by atoms with Crippen LogP contribution >= 0.6 is 0 Å². The molecule has 0 amide bonds. The molecule has 0 aromatic heterocycles. The molecule has 14 heteroatoms. The minimum atomic E-state index is -1.82. The standard InChI is InChI=1S/C50H76O14/c1-27-13-12-16-34-26-57-47-42(51)30(4)21-37(50(34,47)54)48(53)60-36-22-35(63-49(25-36)20-19-29(3)45(64-49)33-14-10-9-11-15-33)18-17-28(2)44(27)61-41-24-39(56-8)46(32(6)59-41)62-40-23-38(55-7)43(52)31(5)58-40/h12-13,16-17,21,27,29,31-33,35-47,51-52,54H,9-11,14-15,18-20,22-26H2,1-8H3/t27-,29-,31-,32-,35+,36-,37?,38-,39-,40-,41-,42+,43-,44-,45-,46?,47+,49+,50+/m0/s1. The van der Waals surface area contributed by atoms with Gasteiger partial charge in [-0.15, -0.1) is 0 Å². The molecule has 360 valence electrons. The van der Waals surface area contributed by atoms with Gasteiger partial charge < -0.3 is 62.7 Å². The maximum absolute atomic E-state index is 14.5. The van der Waals surface area contributed by atoms with E-state index in [4.69, 9.17) is 47.4 Å². The van der Waals surface area contributed by atoms with Crippen molar-refractivity contribution in [2.75, 3.05) is 20.8 Å². The predicted molar refractivity (Wildman–Crippen MR) is 235 cm³/mol. The summed E-state index contributed by atoms with van der Waals surface area (Å²) in [5.74, 6) is -1.86. The van der Waals surface area contributed by atoms with Gasteiger partial charge in [0.1, 0.15) is 42.0 Å². The highest BCUT2D eigenvalue weighted by molar-refractivity contribution is 5.78. The van der Waals surface area contributed by atoms with Crippen LogP contribution in [0.5, 0.6) is 0 Å². The van der Waals surface area contributed by atoms with Crippen molar-refractivity contribution in [3.05, 3.63) is 47.1 Å². The highest BCUT2D eigenvalue weighted by Gasteiger charge is 2.60. The summed E-state index contributed by atoms with van der Waals surface area (Å²) >= 11 is 0. The topological polar surface area (TPSA) is 170 Å². The van der Waals surface area contributed by atoms with Crippen LogP contribution in [0.4, 0.5) is 0 Å². The van der Waals surface area contributed by atoms with Crippen LogP contribution in [0.15, 0.2) is 47.1 Å². The highest BCUT2D eigenvalue weighted by atomic mass is 16.7. The highest BCUT2D eigenvalue weighted by Crippen LogP contribution is 2.49. The summed E-state index contributed by atoms with van der Waals surface area (Å²) < 4.78 is 64.4. The van der Waals surface area contributed by atoms with Gasteiger partial charge in [-0.05, 0) is 81.9 Å². The fourth-order valence-electron chi connectivity index (χ4n) is 12.1. The van der Waals surface area contributed by atoms with Gasteiger partial charge >= 0.3 is 5.97 Å². The summed E-state index contributed by atoms with van der Waals surface area (Å²) in [5, 5.41) is 34.4. The quantitative estimate of drug-likeness (QED) is 0.197. The van der Waals surface area contributed by atoms with Crippen LogP contribution in [0.25, 0.3) is 0 Å². The molecule has 6 heterocycles. The number of fused-ring (bicyclic) bond motifs is 2. The number of hydrogen-bond acceptors (Lipinski definition) is 14. The molecule has 8 aliphatic rings. The Morgan fingerprint density at radius 3 is 2.30 bits per heavy atom. The molecule has 5 saturated heterocycles. The number of aliphatic hydroxyl groups excluding tert-OH is 2. The second-order valence-corrected chi connectivity index (χ2v) is 20.4. The normalized spacial score (nSPS) is 47.3. The van der Waals surface area contributed by atoms with E-state index in [0.29, 0.717) is 61.5 Å². The van der Waals surface area contributed by atoms with E-state index in [0.717, 1.165) is 24.8 Å². The lowest BCUT2D eigenvalue weighted by Crippen LogP contribution is -2.58. The monoisotopic (exact) mass is 901 g/mol. The zero-order chi connectivity index (χ0) is 45.5. The number of ether oxygens (including phenoxy) is 10. The third-order valence-corrected chi connectivity index (χ3v) is 15.8. The summed E-state index contributed by atoms with van der Waals surface area (Å²) in [5.41, 5.74) is 0.221. The molecule has 2 unspecified atom stereocenters.